The number of hydrogen-bond donors (Lipinski definition) is 3. The molecule has 0 aromatic heterocycles. The van der Waals surface area contributed by atoms with Crippen LogP contribution in [0, 0.1) is 11.3 Å². The molecule has 1 amide bonds. The van der Waals surface area contributed by atoms with E-state index in [0.29, 0.717) is 19.0 Å². The van der Waals surface area contributed by atoms with Gasteiger partial charge in [-0.05, 0) is 33.1 Å². The van der Waals surface area contributed by atoms with Crippen molar-refractivity contribution in [3.8, 4) is 0 Å². The van der Waals surface area contributed by atoms with Crippen LogP contribution in [0.25, 0.3) is 0 Å². The van der Waals surface area contributed by atoms with E-state index in [2.05, 4.69) is 34.8 Å². The molecule has 0 saturated carbocycles. The first-order valence-electron chi connectivity index (χ1n) is 8.64. The molecule has 0 saturated heterocycles. The molecule has 0 spiro atoms. The molecule has 0 fully saturated rings. The smallest absolute Gasteiger partial charge is 0.227 e. The number of halogens is 1. The lowest BCUT2D eigenvalue weighted by atomic mass is 9.92. The van der Waals surface area contributed by atoms with Crippen LogP contribution in [-0.4, -0.2) is 38.5 Å². The number of aliphatic imine (C=N–C) groups is 1. The van der Waals surface area contributed by atoms with Crippen LogP contribution < -0.4 is 16.0 Å². The zero-order valence-corrected chi connectivity index (χ0v) is 18.1. The van der Waals surface area contributed by atoms with Crippen LogP contribution in [0.2, 0.25) is 0 Å². The minimum Gasteiger partial charge on any atom is -0.356 e. The first-order valence-corrected chi connectivity index (χ1v) is 8.64. The van der Waals surface area contributed by atoms with E-state index in [1.807, 2.05) is 20.8 Å². The molecule has 0 rings (SSSR count). The van der Waals surface area contributed by atoms with Gasteiger partial charge in [0.2, 0.25) is 5.91 Å². The van der Waals surface area contributed by atoms with E-state index in [0.717, 1.165) is 12.5 Å². The van der Waals surface area contributed by atoms with E-state index >= 15 is 0 Å². The average molecular weight is 440 g/mol. The van der Waals surface area contributed by atoms with Crippen molar-refractivity contribution in [1.82, 2.24) is 16.0 Å². The fourth-order valence-electron chi connectivity index (χ4n) is 2.19. The second-order valence-corrected chi connectivity index (χ2v) is 6.47. The first-order chi connectivity index (χ1) is 10.4. The van der Waals surface area contributed by atoms with E-state index in [-0.39, 0.29) is 29.9 Å². The highest BCUT2D eigenvalue weighted by atomic mass is 127. The lowest BCUT2D eigenvalue weighted by Gasteiger charge is -2.25. The Morgan fingerprint density at radius 3 is 2.26 bits per heavy atom. The van der Waals surface area contributed by atoms with Gasteiger partial charge in [0.15, 0.2) is 5.96 Å². The molecule has 138 valence electrons. The zero-order valence-electron chi connectivity index (χ0n) is 15.8. The molecule has 6 heteroatoms. The van der Waals surface area contributed by atoms with E-state index < -0.39 is 5.41 Å². The Morgan fingerprint density at radius 1 is 1.13 bits per heavy atom. The number of unbranched alkanes of at least 4 members (excludes halogenated alkanes) is 1. The number of carbonyl (C=O) groups is 1. The molecule has 0 aliphatic heterocycles. The number of guanidine groups is 1. The van der Waals surface area contributed by atoms with Crippen LogP contribution in [0.1, 0.15) is 60.3 Å². The third kappa shape index (κ3) is 10.8. The molecule has 5 nitrogen and oxygen atoms in total. The normalized spacial score (nSPS) is 13.0. The quantitative estimate of drug-likeness (QED) is 0.278. The highest BCUT2D eigenvalue weighted by Gasteiger charge is 2.27. The summed E-state index contributed by atoms with van der Waals surface area (Å²) in [7, 11) is 1.77. The third-order valence-corrected chi connectivity index (χ3v) is 3.97. The lowest BCUT2D eigenvalue weighted by Crippen LogP contribution is -2.48. The minimum absolute atomic E-state index is 0. The maximum absolute atomic E-state index is 12.0. The fourth-order valence-corrected chi connectivity index (χ4v) is 2.19. The Bertz CT molecular complexity index is 345. The number of rotatable bonds is 10. The summed E-state index contributed by atoms with van der Waals surface area (Å²) in [4.78, 5) is 16.2. The molecular weight excluding hydrogens is 403 g/mol. The second kappa shape index (κ2) is 13.9. The molecule has 0 aliphatic rings. The van der Waals surface area contributed by atoms with E-state index in [1.54, 1.807) is 7.05 Å². The SMILES string of the molecule is CCCCC(CC)CNC(=NC)NCC(C)(C)C(=O)NCC.I. The van der Waals surface area contributed by atoms with Gasteiger partial charge in [-0.15, -0.1) is 24.0 Å². The average Bonchev–Trinajstić information content (AvgIpc) is 2.50. The van der Waals surface area contributed by atoms with Crippen LogP contribution in [-0.2, 0) is 4.79 Å². The van der Waals surface area contributed by atoms with Crippen molar-refractivity contribution >= 4 is 35.8 Å². The number of carbonyl (C=O) groups excluding carboxylic acids is 1. The minimum atomic E-state index is -0.458. The Kier molecular flexibility index (Phi) is 14.9. The Balaban J connectivity index is 0. The summed E-state index contributed by atoms with van der Waals surface area (Å²) < 4.78 is 0. The maximum Gasteiger partial charge on any atom is 0.227 e. The topological polar surface area (TPSA) is 65.5 Å². The van der Waals surface area contributed by atoms with Crippen molar-refractivity contribution < 1.29 is 4.79 Å². The Morgan fingerprint density at radius 2 is 1.78 bits per heavy atom. The maximum atomic E-state index is 12.0. The van der Waals surface area contributed by atoms with Gasteiger partial charge >= 0.3 is 0 Å². The van der Waals surface area contributed by atoms with Crippen LogP contribution in [0.4, 0.5) is 0 Å². The largest absolute Gasteiger partial charge is 0.356 e. The van der Waals surface area contributed by atoms with Gasteiger partial charge in [-0.1, -0.05) is 33.1 Å². The molecule has 1 atom stereocenters. The predicted octanol–water partition coefficient (Wildman–Crippen LogP) is 3.15. The monoisotopic (exact) mass is 440 g/mol. The number of nitrogens with zero attached hydrogens (tertiary/aromatic N) is 1. The molecule has 0 aliphatic carbocycles. The standard InChI is InChI=1S/C17H36N4O.HI/c1-7-10-11-14(8-2)12-20-16(18-6)21-13-17(4,5)15(22)19-9-3;/h14H,7-13H2,1-6H3,(H,19,22)(H2,18,20,21);1H. The fraction of sp³-hybridized carbons (Fsp3) is 0.882. The molecule has 3 N–H and O–H groups in total. The Labute approximate surface area is 159 Å². The summed E-state index contributed by atoms with van der Waals surface area (Å²) in [6.07, 6.45) is 4.94. The molecular formula is C17H37IN4O. The second-order valence-electron chi connectivity index (χ2n) is 6.47. The van der Waals surface area contributed by atoms with E-state index in [4.69, 9.17) is 0 Å². The molecule has 0 bridgehead atoms. The summed E-state index contributed by atoms with van der Waals surface area (Å²) in [6, 6.07) is 0. The summed E-state index contributed by atoms with van der Waals surface area (Å²) >= 11 is 0. The molecule has 0 aromatic carbocycles. The number of nitrogens with one attached hydrogen (secondary N) is 3. The molecule has 0 aromatic rings. The van der Waals surface area contributed by atoms with Gasteiger partial charge in [0.05, 0.1) is 5.41 Å². The summed E-state index contributed by atoms with van der Waals surface area (Å²) in [6.45, 7) is 12.4. The van der Waals surface area contributed by atoms with Gasteiger partial charge < -0.3 is 16.0 Å². The van der Waals surface area contributed by atoms with E-state index in [1.165, 1.54) is 25.7 Å². The van der Waals surface area contributed by atoms with Crippen LogP contribution in [0.3, 0.4) is 0 Å². The van der Waals surface area contributed by atoms with E-state index in [9.17, 15) is 4.79 Å². The number of hydrogen-bond acceptors (Lipinski definition) is 2. The van der Waals surface area contributed by atoms with Crippen LogP contribution >= 0.6 is 24.0 Å². The van der Waals surface area contributed by atoms with Gasteiger partial charge in [0.25, 0.3) is 0 Å². The molecule has 1 unspecified atom stereocenters. The summed E-state index contributed by atoms with van der Waals surface area (Å²) in [5.41, 5.74) is -0.458. The molecule has 23 heavy (non-hydrogen) atoms. The third-order valence-electron chi connectivity index (χ3n) is 3.97. The van der Waals surface area contributed by atoms with Crippen molar-refractivity contribution in [3.63, 3.8) is 0 Å². The van der Waals surface area contributed by atoms with Crippen molar-refractivity contribution in [3.05, 3.63) is 0 Å². The highest BCUT2D eigenvalue weighted by molar-refractivity contribution is 14.0. The van der Waals surface area contributed by atoms with Crippen LogP contribution in [0.5, 0.6) is 0 Å². The van der Waals surface area contributed by atoms with Crippen molar-refractivity contribution in [2.45, 2.75) is 60.3 Å². The van der Waals surface area contributed by atoms with Gasteiger partial charge in [-0.3, -0.25) is 9.79 Å². The summed E-state index contributed by atoms with van der Waals surface area (Å²) in [5.74, 6) is 1.51. The molecule has 0 radical (unpaired) electrons. The Hall–Kier alpha value is -0.530. The lowest BCUT2D eigenvalue weighted by molar-refractivity contribution is -0.128. The van der Waals surface area contributed by atoms with Crippen LogP contribution in [0.15, 0.2) is 4.99 Å². The number of amides is 1. The van der Waals surface area contributed by atoms with Crippen molar-refractivity contribution in [2.24, 2.45) is 16.3 Å². The van der Waals surface area contributed by atoms with Crippen molar-refractivity contribution in [1.29, 1.82) is 0 Å². The summed E-state index contributed by atoms with van der Waals surface area (Å²) in [5, 5.41) is 9.51. The predicted molar refractivity (Wildman–Crippen MR) is 111 cm³/mol. The van der Waals surface area contributed by atoms with Gasteiger partial charge in [-0.25, -0.2) is 0 Å². The van der Waals surface area contributed by atoms with Crippen molar-refractivity contribution in [2.75, 3.05) is 26.7 Å². The first kappa shape index (κ1) is 24.7. The van der Waals surface area contributed by atoms with Gasteiger partial charge in [0, 0.05) is 26.7 Å². The van der Waals surface area contributed by atoms with Gasteiger partial charge in [0.1, 0.15) is 0 Å². The van der Waals surface area contributed by atoms with Gasteiger partial charge in [-0.2, -0.15) is 0 Å². The molecule has 0 heterocycles. The zero-order chi connectivity index (χ0) is 17.0. The highest BCUT2D eigenvalue weighted by Crippen LogP contribution is 2.13.